The van der Waals surface area contributed by atoms with E-state index in [2.05, 4.69) is 37.5 Å². The molecule has 1 aromatic rings. The van der Waals surface area contributed by atoms with E-state index in [1.54, 1.807) is 0 Å². The van der Waals surface area contributed by atoms with Crippen molar-refractivity contribution in [1.29, 1.82) is 0 Å². The lowest BCUT2D eigenvalue weighted by atomic mass is 10.0. The highest BCUT2D eigenvalue weighted by atomic mass is 32.2. The van der Waals surface area contributed by atoms with Gasteiger partial charge in [0.15, 0.2) is 0 Å². The van der Waals surface area contributed by atoms with E-state index >= 15 is 0 Å². The zero-order valence-electron chi connectivity index (χ0n) is 12.5. The van der Waals surface area contributed by atoms with Crippen molar-refractivity contribution in [1.82, 2.24) is 5.43 Å². The van der Waals surface area contributed by atoms with Crippen molar-refractivity contribution in [2.75, 3.05) is 12.4 Å². The van der Waals surface area contributed by atoms with Gasteiger partial charge in [0.25, 0.3) is 0 Å². The second-order valence-corrected chi connectivity index (χ2v) is 6.97. The average Bonchev–Trinajstić information content (AvgIpc) is 2.94. The summed E-state index contributed by atoms with van der Waals surface area (Å²) in [5.41, 5.74) is 5.71. The number of fused-ring (bicyclic) bond motifs is 1. The van der Waals surface area contributed by atoms with Crippen LogP contribution in [0.1, 0.15) is 37.8 Å². The van der Waals surface area contributed by atoms with Crippen LogP contribution in [0, 0.1) is 0 Å². The van der Waals surface area contributed by atoms with Gasteiger partial charge in [-0.2, -0.15) is 11.8 Å². The third-order valence-corrected chi connectivity index (χ3v) is 5.43. The first-order valence-corrected chi connectivity index (χ1v) is 8.60. The van der Waals surface area contributed by atoms with Gasteiger partial charge in [-0.3, -0.25) is 11.3 Å². The maximum atomic E-state index is 5.67. The Morgan fingerprint density at radius 3 is 3.05 bits per heavy atom. The standard InChI is InChI=1S/C16H26N2OS/c1-3-12(2)20-11-15(18-17)6-4-13-5-7-16-14(10-13)8-9-19-16/h5,7,10,12,15,18H,3-4,6,8-9,11,17H2,1-2H3. The van der Waals surface area contributed by atoms with Gasteiger partial charge in [-0.05, 0) is 36.5 Å². The molecular formula is C16H26N2OS. The van der Waals surface area contributed by atoms with Crippen molar-refractivity contribution in [2.24, 2.45) is 5.84 Å². The van der Waals surface area contributed by atoms with Crippen LogP contribution in [-0.2, 0) is 12.8 Å². The van der Waals surface area contributed by atoms with E-state index in [1.807, 2.05) is 11.8 Å². The molecule has 0 saturated heterocycles. The molecule has 1 aliphatic rings. The molecule has 2 rings (SSSR count). The molecule has 1 heterocycles. The van der Waals surface area contributed by atoms with Crippen LogP contribution in [-0.4, -0.2) is 23.7 Å². The highest BCUT2D eigenvalue weighted by Gasteiger charge is 2.13. The summed E-state index contributed by atoms with van der Waals surface area (Å²) in [6, 6.07) is 6.96. The van der Waals surface area contributed by atoms with E-state index in [0.717, 1.165) is 37.4 Å². The van der Waals surface area contributed by atoms with Gasteiger partial charge in [-0.1, -0.05) is 26.0 Å². The summed E-state index contributed by atoms with van der Waals surface area (Å²) < 4.78 is 5.54. The molecule has 1 aliphatic heterocycles. The van der Waals surface area contributed by atoms with Crippen molar-refractivity contribution in [3.63, 3.8) is 0 Å². The van der Waals surface area contributed by atoms with Crippen LogP contribution in [0.5, 0.6) is 5.75 Å². The summed E-state index contributed by atoms with van der Waals surface area (Å²) in [6.45, 7) is 5.34. The predicted octanol–water partition coefficient (Wildman–Crippen LogP) is 2.92. The second kappa shape index (κ2) is 7.91. The van der Waals surface area contributed by atoms with Crippen LogP contribution in [0.25, 0.3) is 0 Å². The Labute approximate surface area is 126 Å². The topological polar surface area (TPSA) is 47.3 Å². The van der Waals surface area contributed by atoms with Crippen LogP contribution < -0.4 is 16.0 Å². The number of hydrogen-bond donors (Lipinski definition) is 2. The normalized spacial score (nSPS) is 16.6. The Hall–Kier alpha value is -0.710. The number of benzene rings is 1. The molecule has 0 saturated carbocycles. The highest BCUT2D eigenvalue weighted by Crippen LogP contribution is 2.26. The molecule has 2 atom stereocenters. The number of rotatable bonds is 8. The van der Waals surface area contributed by atoms with E-state index < -0.39 is 0 Å². The molecule has 0 radical (unpaired) electrons. The fourth-order valence-corrected chi connectivity index (χ4v) is 3.41. The molecule has 112 valence electrons. The fourth-order valence-electron chi connectivity index (χ4n) is 2.35. The van der Waals surface area contributed by atoms with Gasteiger partial charge in [0, 0.05) is 23.5 Å². The molecule has 2 unspecified atom stereocenters. The smallest absolute Gasteiger partial charge is 0.122 e. The maximum absolute atomic E-state index is 5.67. The van der Waals surface area contributed by atoms with E-state index in [9.17, 15) is 0 Å². The van der Waals surface area contributed by atoms with E-state index in [1.165, 1.54) is 17.5 Å². The summed E-state index contributed by atoms with van der Waals surface area (Å²) >= 11 is 2.00. The Kier molecular flexibility index (Phi) is 6.20. The van der Waals surface area contributed by atoms with Crippen LogP contribution in [0.15, 0.2) is 18.2 Å². The van der Waals surface area contributed by atoms with Crippen LogP contribution in [0.3, 0.4) is 0 Å². The number of hydrazine groups is 1. The van der Waals surface area contributed by atoms with E-state index in [-0.39, 0.29) is 0 Å². The molecule has 4 heteroatoms. The third kappa shape index (κ3) is 4.40. The first-order chi connectivity index (χ1) is 9.72. The summed E-state index contributed by atoms with van der Waals surface area (Å²) in [6.07, 6.45) is 4.42. The third-order valence-electron chi connectivity index (χ3n) is 3.93. The molecule has 20 heavy (non-hydrogen) atoms. The molecule has 0 aromatic heterocycles. The van der Waals surface area contributed by atoms with Gasteiger partial charge in [0.1, 0.15) is 5.75 Å². The van der Waals surface area contributed by atoms with Crippen LogP contribution >= 0.6 is 11.8 Å². The Morgan fingerprint density at radius 1 is 1.45 bits per heavy atom. The zero-order chi connectivity index (χ0) is 14.4. The zero-order valence-corrected chi connectivity index (χ0v) is 13.3. The number of ether oxygens (including phenoxy) is 1. The van der Waals surface area contributed by atoms with Crippen molar-refractivity contribution in [3.05, 3.63) is 29.3 Å². The Bertz CT molecular complexity index is 425. The molecule has 0 spiro atoms. The average molecular weight is 294 g/mol. The molecule has 0 fully saturated rings. The van der Waals surface area contributed by atoms with E-state index in [0.29, 0.717) is 11.3 Å². The van der Waals surface area contributed by atoms with Gasteiger partial charge < -0.3 is 4.74 Å². The largest absolute Gasteiger partial charge is 0.493 e. The highest BCUT2D eigenvalue weighted by molar-refractivity contribution is 7.99. The van der Waals surface area contributed by atoms with Crippen molar-refractivity contribution in [2.45, 2.75) is 50.8 Å². The lowest BCUT2D eigenvalue weighted by Gasteiger charge is -2.17. The minimum Gasteiger partial charge on any atom is -0.493 e. The van der Waals surface area contributed by atoms with Gasteiger partial charge in [0.05, 0.1) is 6.61 Å². The summed E-state index contributed by atoms with van der Waals surface area (Å²) in [4.78, 5) is 0. The maximum Gasteiger partial charge on any atom is 0.122 e. The van der Waals surface area contributed by atoms with Gasteiger partial charge >= 0.3 is 0 Å². The number of nitrogens with one attached hydrogen (secondary N) is 1. The van der Waals surface area contributed by atoms with Gasteiger partial charge in [-0.25, -0.2) is 0 Å². The monoisotopic (exact) mass is 294 g/mol. The van der Waals surface area contributed by atoms with Crippen molar-refractivity contribution < 1.29 is 4.74 Å². The number of thioether (sulfide) groups is 1. The minimum absolute atomic E-state index is 0.388. The number of hydrogen-bond acceptors (Lipinski definition) is 4. The van der Waals surface area contributed by atoms with Gasteiger partial charge in [-0.15, -0.1) is 0 Å². The number of nitrogens with two attached hydrogens (primary N) is 1. The Morgan fingerprint density at radius 2 is 2.30 bits per heavy atom. The van der Waals surface area contributed by atoms with Gasteiger partial charge in [0.2, 0.25) is 0 Å². The van der Waals surface area contributed by atoms with Crippen molar-refractivity contribution >= 4 is 11.8 Å². The summed E-state index contributed by atoms with van der Waals surface area (Å²) in [7, 11) is 0. The molecule has 0 bridgehead atoms. The SMILES string of the molecule is CCC(C)SCC(CCc1ccc2c(c1)CCO2)NN. The van der Waals surface area contributed by atoms with Crippen LogP contribution in [0.2, 0.25) is 0 Å². The van der Waals surface area contributed by atoms with Crippen molar-refractivity contribution in [3.8, 4) is 5.75 Å². The quantitative estimate of drug-likeness (QED) is 0.572. The fraction of sp³-hybridized carbons (Fsp3) is 0.625. The predicted molar refractivity (Wildman–Crippen MR) is 87.3 cm³/mol. The lowest BCUT2D eigenvalue weighted by Crippen LogP contribution is -2.37. The first kappa shape index (κ1) is 15.7. The molecule has 1 aromatic carbocycles. The Balaban J connectivity index is 1.80. The number of aryl methyl sites for hydroxylation is 1. The molecule has 0 amide bonds. The molecular weight excluding hydrogens is 268 g/mol. The molecule has 0 aliphatic carbocycles. The summed E-state index contributed by atoms with van der Waals surface area (Å²) in [5, 5.41) is 0.711. The summed E-state index contributed by atoms with van der Waals surface area (Å²) in [5.74, 6) is 7.82. The first-order valence-electron chi connectivity index (χ1n) is 7.55. The lowest BCUT2D eigenvalue weighted by molar-refractivity contribution is 0.357. The molecule has 3 nitrogen and oxygen atoms in total. The van der Waals surface area contributed by atoms with E-state index in [4.69, 9.17) is 10.6 Å². The minimum atomic E-state index is 0.388. The second-order valence-electron chi connectivity index (χ2n) is 5.50. The molecule has 3 N–H and O–H groups in total. The van der Waals surface area contributed by atoms with Crippen LogP contribution in [0.4, 0.5) is 0 Å².